The van der Waals surface area contributed by atoms with Crippen LogP contribution in [0.3, 0.4) is 0 Å². The fraction of sp³-hybridized carbons (Fsp3) is 0.667. The molecular formula is C15H23N3O. The van der Waals surface area contributed by atoms with E-state index in [1.54, 1.807) is 6.07 Å². The van der Waals surface area contributed by atoms with Gasteiger partial charge < -0.3 is 15.6 Å². The lowest BCUT2D eigenvalue weighted by Crippen LogP contribution is -2.38. The van der Waals surface area contributed by atoms with Crippen LogP contribution in [0.25, 0.3) is 0 Å². The Kier molecular flexibility index (Phi) is 3.25. The van der Waals surface area contributed by atoms with Gasteiger partial charge >= 0.3 is 0 Å². The molecule has 3 rings (SSSR count). The van der Waals surface area contributed by atoms with Gasteiger partial charge in [0.1, 0.15) is 5.69 Å². The number of amides is 1. The molecule has 1 heterocycles. The molecule has 3 N–H and O–H groups in total. The third-order valence-corrected chi connectivity index (χ3v) is 4.51. The van der Waals surface area contributed by atoms with E-state index in [1.807, 2.05) is 10.8 Å². The molecule has 1 amide bonds. The van der Waals surface area contributed by atoms with Crippen LogP contribution in [0.2, 0.25) is 0 Å². The van der Waals surface area contributed by atoms with Crippen LogP contribution in [-0.2, 0) is 0 Å². The van der Waals surface area contributed by atoms with Crippen LogP contribution in [0.15, 0.2) is 12.3 Å². The number of hydrogen-bond acceptors (Lipinski definition) is 2. The molecule has 1 aromatic heterocycles. The number of anilines is 1. The Morgan fingerprint density at radius 2 is 2.05 bits per heavy atom. The molecular weight excluding hydrogens is 238 g/mol. The van der Waals surface area contributed by atoms with E-state index in [0.717, 1.165) is 18.5 Å². The molecule has 4 nitrogen and oxygen atoms in total. The SMILES string of the molecule is CC(NC(=O)c1cc(N)cn1C1CC1)C1CCCC1. The second kappa shape index (κ2) is 4.91. The van der Waals surface area contributed by atoms with E-state index in [2.05, 4.69) is 12.2 Å². The summed E-state index contributed by atoms with van der Waals surface area (Å²) in [6, 6.07) is 2.55. The van der Waals surface area contributed by atoms with Gasteiger partial charge in [0.05, 0.1) is 5.69 Å². The molecule has 1 atom stereocenters. The van der Waals surface area contributed by atoms with Crippen molar-refractivity contribution in [2.24, 2.45) is 5.92 Å². The molecule has 2 aliphatic carbocycles. The molecule has 0 radical (unpaired) electrons. The Morgan fingerprint density at radius 1 is 1.37 bits per heavy atom. The first-order valence-corrected chi connectivity index (χ1v) is 7.43. The van der Waals surface area contributed by atoms with Gasteiger partial charge in [-0.25, -0.2) is 0 Å². The van der Waals surface area contributed by atoms with Crippen LogP contribution in [0, 0.1) is 5.92 Å². The highest BCUT2D eigenvalue weighted by Crippen LogP contribution is 2.37. The Balaban J connectivity index is 1.69. The van der Waals surface area contributed by atoms with Gasteiger partial charge in [0.25, 0.3) is 5.91 Å². The van der Waals surface area contributed by atoms with Gasteiger partial charge in [0.2, 0.25) is 0 Å². The Morgan fingerprint density at radius 3 is 2.68 bits per heavy atom. The normalized spacial score (nSPS) is 21.5. The van der Waals surface area contributed by atoms with Crippen molar-refractivity contribution < 1.29 is 4.79 Å². The van der Waals surface area contributed by atoms with Crippen molar-refractivity contribution in [1.29, 1.82) is 0 Å². The van der Waals surface area contributed by atoms with E-state index in [9.17, 15) is 4.79 Å². The second-order valence-corrected chi connectivity index (χ2v) is 6.10. The average Bonchev–Trinajstić information content (AvgIpc) is 2.91. The molecule has 1 aromatic rings. The van der Waals surface area contributed by atoms with Crippen LogP contribution in [-0.4, -0.2) is 16.5 Å². The summed E-state index contributed by atoms with van der Waals surface area (Å²) in [7, 11) is 0. The smallest absolute Gasteiger partial charge is 0.268 e. The fourth-order valence-corrected chi connectivity index (χ4v) is 3.19. The zero-order valence-corrected chi connectivity index (χ0v) is 11.6. The molecule has 0 aromatic carbocycles. The summed E-state index contributed by atoms with van der Waals surface area (Å²) in [5, 5.41) is 3.16. The van der Waals surface area contributed by atoms with Crippen molar-refractivity contribution in [1.82, 2.24) is 9.88 Å². The quantitative estimate of drug-likeness (QED) is 0.875. The fourth-order valence-electron chi connectivity index (χ4n) is 3.19. The highest BCUT2D eigenvalue weighted by Gasteiger charge is 2.29. The summed E-state index contributed by atoms with van der Waals surface area (Å²) >= 11 is 0. The van der Waals surface area contributed by atoms with Crippen molar-refractivity contribution in [2.75, 3.05) is 5.73 Å². The minimum atomic E-state index is 0.0306. The predicted molar refractivity (Wildman–Crippen MR) is 76.0 cm³/mol. The maximum atomic E-state index is 12.4. The number of carbonyl (C=O) groups is 1. The van der Waals surface area contributed by atoms with Crippen molar-refractivity contribution in [3.63, 3.8) is 0 Å². The van der Waals surface area contributed by atoms with E-state index >= 15 is 0 Å². The third kappa shape index (κ3) is 2.62. The zero-order chi connectivity index (χ0) is 13.4. The molecule has 2 aliphatic rings. The molecule has 0 aliphatic heterocycles. The largest absolute Gasteiger partial charge is 0.397 e. The number of nitrogens with one attached hydrogen (secondary N) is 1. The molecule has 104 valence electrons. The highest BCUT2D eigenvalue weighted by molar-refractivity contribution is 5.94. The number of nitrogens with zero attached hydrogens (tertiary/aromatic N) is 1. The summed E-state index contributed by atoms with van der Waals surface area (Å²) in [5.74, 6) is 0.675. The molecule has 0 spiro atoms. The van der Waals surface area contributed by atoms with E-state index in [0.29, 0.717) is 17.6 Å². The van der Waals surface area contributed by atoms with Gasteiger partial charge in [-0.15, -0.1) is 0 Å². The summed E-state index contributed by atoms with van der Waals surface area (Å²) in [6.07, 6.45) is 9.30. The van der Waals surface area contributed by atoms with Crippen molar-refractivity contribution in [3.8, 4) is 0 Å². The van der Waals surface area contributed by atoms with Gasteiger partial charge in [-0.1, -0.05) is 12.8 Å². The average molecular weight is 261 g/mol. The van der Waals surface area contributed by atoms with Crippen molar-refractivity contribution in [3.05, 3.63) is 18.0 Å². The molecule has 4 heteroatoms. The Hall–Kier alpha value is -1.45. The minimum absolute atomic E-state index is 0.0306. The predicted octanol–water partition coefficient (Wildman–Crippen LogP) is 2.71. The molecule has 1 unspecified atom stereocenters. The van der Waals surface area contributed by atoms with Gasteiger partial charge in [-0.05, 0) is 44.6 Å². The Labute approximate surface area is 114 Å². The molecule has 2 saturated carbocycles. The van der Waals surface area contributed by atoms with Gasteiger partial charge in [-0.2, -0.15) is 0 Å². The molecule has 2 fully saturated rings. The van der Waals surface area contributed by atoms with Crippen LogP contribution in [0.4, 0.5) is 5.69 Å². The van der Waals surface area contributed by atoms with Crippen LogP contribution >= 0.6 is 0 Å². The van der Waals surface area contributed by atoms with Crippen molar-refractivity contribution in [2.45, 2.75) is 57.5 Å². The Bertz CT molecular complexity index is 470. The van der Waals surface area contributed by atoms with Gasteiger partial charge in [0.15, 0.2) is 0 Å². The summed E-state index contributed by atoms with van der Waals surface area (Å²) in [4.78, 5) is 12.4. The highest BCUT2D eigenvalue weighted by atomic mass is 16.2. The molecule has 19 heavy (non-hydrogen) atoms. The van der Waals surface area contributed by atoms with Gasteiger partial charge in [-0.3, -0.25) is 4.79 Å². The number of nitrogen functional groups attached to an aromatic ring is 1. The summed E-state index contributed by atoms with van der Waals surface area (Å²) < 4.78 is 2.05. The third-order valence-electron chi connectivity index (χ3n) is 4.51. The first-order chi connectivity index (χ1) is 9.15. The topological polar surface area (TPSA) is 60.1 Å². The maximum absolute atomic E-state index is 12.4. The lowest BCUT2D eigenvalue weighted by atomic mass is 10.00. The standard InChI is InChI=1S/C15H23N3O/c1-10(11-4-2-3-5-11)17-15(19)14-8-12(16)9-18(14)13-6-7-13/h8-11,13H,2-7,16H2,1H3,(H,17,19). The number of carbonyl (C=O) groups excluding carboxylic acids is 1. The van der Waals surface area contributed by atoms with E-state index in [1.165, 1.54) is 25.7 Å². The van der Waals surface area contributed by atoms with Crippen molar-refractivity contribution >= 4 is 11.6 Å². The summed E-state index contributed by atoms with van der Waals surface area (Å²) in [6.45, 7) is 2.13. The van der Waals surface area contributed by atoms with Crippen LogP contribution in [0.1, 0.15) is 62.0 Å². The summed E-state index contributed by atoms with van der Waals surface area (Å²) in [5.41, 5.74) is 7.25. The number of nitrogens with two attached hydrogens (primary N) is 1. The number of rotatable bonds is 4. The minimum Gasteiger partial charge on any atom is -0.397 e. The number of hydrogen-bond donors (Lipinski definition) is 2. The molecule has 0 saturated heterocycles. The zero-order valence-electron chi connectivity index (χ0n) is 11.6. The second-order valence-electron chi connectivity index (χ2n) is 6.10. The lowest BCUT2D eigenvalue weighted by molar-refractivity contribution is 0.0917. The van der Waals surface area contributed by atoms with Crippen LogP contribution < -0.4 is 11.1 Å². The van der Waals surface area contributed by atoms with Gasteiger partial charge in [0, 0.05) is 18.3 Å². The van der Waals surface area contributed by atoms with Crippen LogP contribution in [0.5, 0.6) is 0 Å². The van der Waals surface area contributed by atoms with E-state index < -0.39 is 0 Å². The molecule has 0 bridgehead atoms. The maximum Gasteiger partial charge on any atom is 0.268 e. The monoisotopic (exact) mass is 261 g/mol. The van der Waals surface area contributed by atoms with E-state index in [4.69, 9.17) is 5.73 Å². The first kappa shape index (κ1) is 12.6. The van der Waals surface area contributed by atoms with E-state index in [-0.39, 0.29) is 11.9 Å². The lowest BCUT2D eigenvalue weighted by Gasteiger charge is -2.20. The first-order valence-electron chi connectivity index (χ1n) is 7.43. The number of aromatic nitrogens is 1.